The first-order chi connectivity index (χ1) is 17.7. The van der Waals surface area contributed by atoms with Crippen molar-refractivity contribution in [2.45, 2.75) is 0 Å². The molecule has 0 atom stereocenters. The van der Waals surface area contributed by atoms with Crippen LogP contribution in [0.1, 0.15) is 22.3 Å². The van der Waals surface area contributed by atoms with Crippen molar-refractivity contribution in [3.63, 3.8) is 0 Å². The minimum Gasteiger partial charge on any atom is -0.0827 e. The number of hydrogen-bond acceptors (Lipinski definition) is 0. The maximum Gasteiger partial charge on any atom is 0.0683 e. The third-order valence-electron chi connectivity index (χ3n) is 6.25. The average molecular weight is 497 g/mol. The summed E-state index contributed by atoms with van der Waals surface area (Å²) in [6.45, 7) is 0. The summed E-state index contributed by atoms with van der Waals surface area (Å²) >= 11 is 13.4. The molecule has 2 heteroatoms. The number of rotatable bonds is 0. The largest absolute Gasteiger partial charge is 0.0827 e. The molecule has 168 valence electrons. The molecule has 0 unspecified atom stereocenters. The van der Waals surface area contributed by atoms with Crippen molar-refractivity contribution in [2.75, 3.05) is 0 Å². The Balaban J connectivity index is 1.77. The van der Waals surface area contributed by atoms with Gasteiger partial charge in [0.2, 0.25) is 0 Å². The summed E-state index contributed by atoms with van der Waals surface area (Å²) in [5, 5.41) is 7.08. The summed E-state index contributed by atoms with van der Waals surface area (Å²) in [6.07, 6.45) is 0. The molecule has 6 aromatic rings. The molecule has 0 N–H and O–H groups in total. The van der Waals surface area contributed by atoms with Crippen molar-refractivity contribution in [3.8, 4) is 23.7 Å². The van der Waals surface area contributed by atoms with Crippen LogP contribution in [0.25, 0.3) is 32.3 Å². The molecular formula is C34H18Cl2. The van der Waals surface area contributed by atoms with Crippen molar-refractivity contribution in [1.82, 2.24) is 0 Å². The van der Waals surface area contributed by atoms with Crippen molar-refractivity contribution < 1.29 is 0 Å². The quantitative estimate of drug-likeness (QED) is 0.145. The van der Waals surface area contributed by atoms with E-state index in [1.165, 1.54) is 0 Å². The van der Waals surface area contributed by atoms with Gasteiger partial charge in [-0.1, -0.05) is 114 Å². The Morgan fingerprint density at radius 1 is 0.444 bits per heavy atom. The maximum atomic E-state index is 6.87. The second-order valence-electron chi connectivity index (χ2n) is 8.51. The number of hydrogen-bond donors (Lipinski definition) is 0. The highest BCUT2D eigenvalue weighted by Crippen LogP contribution is 2.40. The van der Waals surface area contributed by atoms with Crippen LogP contribution in [0.3, 0.4) is 0 Å². The molecule has 0 saturated heterocycles. The molecule has 6 aromatic carbocycles. The molecule has 0 radical (unpaired) electrons. The number of benzene rings is 6. The first-order valence-corrected chi connectivity index (χ1v) is 12.3. The summed E-state index contributed by atoms with van der Waals surface area (Å²) in [5.74, 6) is 13.6. The molecule has 0 aliphatic heterocycles. The van der Waals surface area contributed by atoms with E-state index in [1.54, 1.807) is 0 Å². The molecule has 0 heterocycles. The third-order valence-corrected chi connectivity index (χ3v) is 7.05. The number of halogens is 2. The Hall–Kier alpha value is -4.20. The van der Waals surface area contributed by atoms with Gasteiger partial charge in [0.15, 0.2) is 0 Å². The van der Waals surface area contributed by atoms with Crippen LogP contribution in [0.4, 0.5) is 0 Å². The van der Waals surface area contributed by atoms with Gasteiger partial charge in [0, 0.05) is 33.0 Å². The molecule has 0 fully saturated rings. The van der Waals surface area contributed by atoms with E-state index >= 15 is 0 Å². The van der Waals surface area contributed by atoms with E-state index in [0.29, 0.717) is 10.0 Å². The van der Waals surface area contributed by atoms with Crippen LogP contribution < -0.4 is 0 Å². The second-order valence-corrected chi connectivity index (χ2v) is 9.30. The second kappa shape index (κ2) is 9.45. The first-order valence-electron chi connectivity index (χ1n) is 11.6. The fourth-order valence-electron chi connectivity index (χ4n) is 4.51. The van der Waals surface area contributed by atoms with Crippen LogP contribution in [0, 0.1) is 23.7 Å². The lowest BCUT2D eigenvalue weighted by molar-refractivity contribution is 1.64. The van der Waals surface area contributed by atoms with E-state index in [1.807, 2.05) is 78.9 Å². The highest BCUT2D eigenvalue weighted by Gasteiger charge is 2.17. The van der Waals surface area contributed by atoms with Crippen LogP contribution in [0.15, 0.2) is 109 Å². The fraction of sp³-hybridized carbons (Fsp3) is 0. The Morgan fingerprint density at radius 3 is 1.53 bits per heavy atom. The van der Waals surface area contributed by atoms with Crippen LogP contribution in [-0.2, 0) is 0 Å². The van der Waals surface area contributed by atoms with Crippen molar-refractivity contribution in [3.05, 3.63) is 141 Å². The molecule has 36 heavy (non-hydrogen) atoms. The van der Waals surface area contributed by atoms with E-state index in [-0.39, 0.29) is 0 Å². The van der Waals surface area contributed by atoms with E-state index in [9.17, 15) is 0 Å². The molecule has 6 rings (SSSR count). The smallest absolute Gasteiger partial charge is 0.0683 e. The summed E-state index contributed by atoms with van der Waals surface area (Å²) in [7, 11) is 0. The Bertz CT molecular complexity index is 1900. The van der Waals surface area contributed by atoms with Gasteiger partial charge in [-0.2, -0.15) is 0 Å². The van der Waals surface area contributed by atoms with Crippen LogP contribution in [0.5, 0.6) is 0 Å². The third kappa shape index (κ3) is 4.08. The standard InChI is InChI=1S/C34H18Cl2/c35-32-20-19-28-27(17-15-23-9-3-1-4-10-23)30-21-25-13-7-8-14-26(25)22-31(30)29(33(28)34(32)36)18-16-24-11-5-2-6-12-24/h1-14,19-22H. The minimum atomic E-state index is 0.490. The Kier molecular flexibility index (Phi) is 5.85. The topological polar surface area (TPSA) is 0 Å². The Labute approximate surface area is 220 Å². The maximum absolute atomic E-state index is 6.87. The van der Waals surface area contributed by atoms with Gasteiger partial charge in [-0.3, -0.25) is 0 Å². The van der Waals surface area contributed by atoms with Gasteiger partial charge in [0.05, 0.1) is 10.0 Å². The van der Waals surface area contributed by atoms with Gasteiger partial charge >= 0.3 is 0 Å². The molecule has 0 spiro atoms. The van der Waals surface area contributed by atoms with Crippen LogP contribution in [0.2, 0.25) is 10.0 Å². The zero-order valence-electron chi connectivity index (χ0n) is 19.1. The van der Waals surface area contributed by atoms with Crippen molar-refractivity contribution >= 4 is 55.5 Å². The molecule has 0 bridgehead atoms. The lowest BCUT2D eigenvalue weighted by Gasteiger charge is -2.14. The van der Waals surface area contributed by atoms with Gasteiger partial charge in [0.1, 0.15) is 0 Å². The molecule has 0 aliphatic carbocycles. The highest BCUT2D eigenvalue weighted by molar-refractivity contribution is 6.46. The summed E-state index contributed by atoms with van der Waals surface area (Å²) in [4.78, 5) is 0. The summed E-state index contributed by atoms with van der Waals surface area (Å²) in [6, 6.07) is 36.5. The molecule has 0 amide bonds. The summed E-state index contributed by atoms with van der Waals surface area (Å²) in [5.41, 5.74) is 3.66. The van der Waals surface area contributed by atoms with E-state index in [2.05, 4.69) is 54.0 Å². The monoisotopic (exact) mass is 496 g/mol. The molecule has 0 aliphatic rings. The lowest BCUT2D eigenvalue weighted by Crippen LogP contribution is -1.93. The number of fused-ring (bicyclic) bond motifs is 3. The minimum absolute atomic E-state index is 0.490. The normalized spacial score (nSPS) is 10.6. The summed E-state index contributed by atoms with van der Waals surface area (Å²) < 4.78 is 0. The lowest BCUT2D eigenvalue weighted by atomic mass is 9.90. The van der Waals surface area contributed by atoms with Gasteiger partial charge < -0.3 is 0 Å². The zero-order valence-corrected chi connectivity index (χ0v) is 20.7. The van der Waals surface area contributed by atoms with Crippen molar-refractivity contribution in [2.24, 2.45) is 0 Å². The van der Waals surface area contributed by atoms with E-state index < -0.39 is 0 Å². The molecule has 0 saturated carbocycles. The van der Waals surface area contributed by atoms with Crippen LogP contribution >= 0.6 is 23.2 Å². The fourth-order valence-corrected chi connectivity index (χ4v) is 4.93. The Morgan fingerprint density at radius 2 is 0.944 bits per heavy atom. The molecule has 0 nitrogen and oxygen atoms in total. The van der Waals surface area contributed by atoms with E-state index in [0.717, 1.165) is 54.6 Å². The van der Waals surface area contributed by atoms with Gasteiger partial charge in [0.25, 0.3) is 0 Å². The van der Waals surface area contributed by atoms with Crippen LogP contribution in [-0.4, -0.2) is 0 Å². The average Bonchev–Trinajstić information content (AvgIpc) is 2.93. The zero-order chi connectivity index (χ0) is 24.5. The predicted octanol–water partition coefficient (Wildman–Crippen LogP) is 9.25. The van der Waals surface area contributed by atoms with Gasteiger partial charge in [-0.15, -0.1) is 0 Å². The highest BCUT2D eigenvalue weighted by atomic mass is 35.5. The van der Waals surface area contributed by atoms with Gasteiger partial charge in [-0.05, 0) is 64.0 Å². The first kappa shape index (κ1) is 22.3. The van der Waals surface area contributed by atoms with Gasteiger partial charge in [-0.25, -0.2) is 0 Å². The SMILES string of the molecule is Clc1ccc2c(C#Cc3ccccc3)c3cc4ccccc4cc3c(C#Cc3ccccc3)c2c1Cl. The predicted molar refractivity (Wildman–Crippen MR) is 154 cm³/mol. The van der Waals surface area contributed by atoms with Crippen molar-refractivity contribution in [1.29, 1.82) is 0 Å². The molecule has 0 aromatic heterocycles. The molecular weight excluding hydrogens is 479 g/mol. The van der Waals surface area contributed by atoms with E-state index in [4.69, 9.17) is 23.2 Å².